The Bertz CT molecular complexity index is 1080. The number of anilines is 2. The summed E-state index contributed by atoms with van der Waals surface area (Å²) < 4.78 is 15.8. The van der Waals surface area contributed by atoms with E-state index in [0.29, 0.717) is 29.5 Å². The summed E-state index contributed by atoms with van der Waals surface area (Å²) in [6.07, 6.45) is 2.43. The number of carbonyl (C=O) groups excluding carboxylic acids is 2. The molecule has 1 aliphatic heterocycles. The molecule has 7 heteroatoms. The molecule has 0 unspecified atom stereocenters. The van der Waals surface area contributed by atoms with E-state index in [9.17, 15) is 9.59 Å². The van der Waals surface area contributed by atoms with Crippen LogP contribution in [0.3, 0.4) is 0 Å². The third kappa shape index (κ3) is 3.87. The summed E-state index contributed by atoms with van der Waals surface area (Å²) in [5, 5.41) is 2.91. The molecular weight excluding hydrogens is 384 g/mol. The largest absolute Gasteiger partial charge is 0.493 e. The molecule has 1 aliphatic rings. The number of carbonyl (C=O) groups is 2. The van der Waals surface area contributed by atoms with Crippen molar-refractivity contribution in [2.45, 2.75) is 12.8 Å². The van der Waals surface area contributed by atoms with Crippen molar-refractivity contribution in [3.63, 3.8) is 0 Å². The van der Waals surface area contributed by atoms with Crippen LogP contribution in [0.1, 0.15) is 21.7 Å². The highest BCUT2D eigenvalue weighted by atomic mass is 16.5. The zero-order valence-corrected chi connectivity index (χ0v) is 16.8. The molecule has 0 fully saturated rings. The minimum atomic E-state index is -0.187. The van der Waals surface area contributed by atoms with Gasteiger partial charge in [0.15, 0.2) is 17.3 Å². The van der Waals surface area contributed by atoms with Crippen molar-refractivity contribution in [3.05, 3.63) is 71.7 Å². The van der Waals surface area contributed by atoms with Gasteiger partial charge in [0.05, 0.1) is 26.9 Å². The zero-order chi connectivity index (χ0) is 21.1. The van der Waals surface area contributed by atoms with Gasteiger partial charge in [-0.1, -0.05) is 12.1 Å². The number of amides is 2. The lowest BCUT2D eigenvalue weighted by Gasteiger charge is -2.17. The Labute approximate surface area is 174 Å². The van der Waals surface area contributed by atoms with E-state index < -0.39 is 0 Å². The van der Waals surface area contributed by atoms with Crippen molar-refractivity contribution in [2.75, 3.05) is 31.0 Å². The fourth-order valence-electron chi connectivity index (χ4n) is 3.58. The Morgan fingerprint density at radius 3 is 2.63 bits per heavy atom. The number of hydrogen-bond acceptors (Lipinski definition) is 5. The first-order chi connectivity index (χ1) is 14.6. The van der Waals surface area contributed by atoms with Crippen molar-refractivity contribution in [2.24, 2.45) is 0 Å². The number of ether oxygens (including phenoxy) is 2. The molecule has 0 bridgehead atoms. The van der Waals surface area contributed by atoms with Gasteiger partial charge in [0, 0.05) is 17.9 Å². The average Bonchev–Trinajstić information content (AvgIpc) is 3.43. The molecule has 3 aromatic rings. The SMILES string of the molecule is COc1ccc(CC(=O)Nc2ccc3c(c2)N(C(=O)c2ccco2)CC3)cc1OC. The van der Waals surface area contributed by atoms with Gasteiger partial charge in [-0.2, -0.15) is 0 Å². The van der Waals surface area contributed by atoms with Gasteiger partial charge in [-0.25, -0.2) is 0 Å². The number of nitrogens with one attached hydrogen (secondary N) is 1. The molecule has 7 nitrogen and oxygen atoms in total. The highest BCUT2D eigenvalue weighted by molar-refractivity contribution is 6.06. The molecule has 0 spiro atoms. The molecule has 0 saturated carbocycles. The van der Waals surface area contributed by atoms with E-state index in [0.717, 1.165) is 23.2 Å². The molecule has 0 saturated heterocycles. The van der Waals surface area contributed by atoms with Gasteiger partial charge in [-0.15, -0.1) is 0 Å². The van der Waals surface area contributed by atoms with Crippen LogP contribution >= 0.6 is 0 Å². The van der Waals surface area contributed by atoms with Crippen LogP contribution in [0.4, 0.5) is 11.4 Å². The van der Waals surface area contributed by atoms with E-state index in [4.69, 9.17) is 13.9 Å². The molecule has 2 amide bonds. The lowest BCUT2D eigenvalue weighted by Crippen LogP contribution is -2.28. The van der Waals surface area contributed by atoms with Crippen molar-refractivity contribution >= 4 is 23.2 Å². The topological polar surface area (TPSA) is 81.0 Å². The van der Waals surface area contributed by atoms with Gasteiger partial charge in [-0.05, 0) is 53.9 Å². The molecule has 154 valence electrons. The van der Waals surface area contributed by atoms with Crippen LogP contribution < -0.4 is 19.7 Å². The third-order valence-corrected chi connectivity index (χ3v) is 5.05. The summed E-state index contributed by atoms with van der Waals surface area (Å²) in [6, 6.07) is 14.3. The highest BCUT2D eigenvalue weighted by Crippen LogP contribution is 2.32. The second-order valence-electron chi connectivity index (χ2n) is 6.94. The minimum Gasteiger partial charge on any atom is -0.493 e. The first-order valence-corrected chi connectivity index (χ1v) is 9.58. The number of nitrogens with zero attached hydrogens (tertiary/aromatic N) is 1. The fourth-order valence-corrected chi connectivity index (χ4v) is 3.58. The van der Waals surface area contributed by atoms with Gasteiger partial charge in [0.2, 0.25) is 5.91 Å². The second-order valence-corrected chi connectivity index (χ2v) is 6.94. The molecule has 0 aliphatic carbocycles. The molecular formula is C23H22N2O5. The zero-order valence-electron chi connectivity index (χ0n) is 16.8. The summed E-state index contributed by atoms with van der Waals surface area (Å²) >= 11 is 0. The van der Waals surface area contributed by atoms with Crippen LogP contribution in [-0.2, 0) is 17.6 Å². The van der Waals surface area contributed by atoms with E-state index in [-0.39, 0.29) is 18.2 Å². The van der Waals surface area contributed by atoms with Crippen LogP contribution in [-0.4, -0.2) is 32.6 Å². The molecule has 30 heavy (non-hydrogen) atoms. The monoisotopic (exact) mass is 406 g/mol. The number of hydrogen-bond donors (Lipinski definition) is 1. The molecule has 0 radical (unpaired) electrons. The van der Waals surface area contributed by atoms with Gasteiger partial charge in [0.25, 0.3) is 5.91 Å². The van der Waals surface area contributed by atoms with Gasteiger partial charge in [0.1, 0.15) is 0 Å². The first-order valence-electron chi connectivity index (χ1n) is 9.58. The number of benzene rings is 2. The predicted octanol–water partition coefficient (Wildman–Crippen LogP) is 3.68. The lowest BCUT2D eigenvalue weighted by molar-refractivity contribution is -0.115. The summed E-state index contributed by atoms with van der Waals surface area (Å²) in [5.41, 5.74) is 3.30. The Hall–Kier alpha value is -3.74. The van der Waals surface area contributed by atoms with Crippen LogP contribution in [0.25, 0.3) is 0 Å². The normalized spacial score (nSPS) is 12.4. The molecule has 1 aromatic heterocycles. The maximum atomic E-state index is 12.7. The summed E-state index contributed by atoms with van der Waals surface area (Å²) in [7, 11) is 3.13. The minimum absolute atomic E-state index is 0.163. The standard InChI is InChI=1S/C23H22N2O5/c1-28-19-8-5-15(12-21(19)29-2)13-22(26)24-17-7-6-16-9-10-25(18(16)14-17)23(27)20-4-3-11-30-20/h3-8,11-12,14H,9-10,13H2,1-2H3,(H,24,26). The number of fused-ring (bicyclic) bond motifs is 1. The van der Waals surface area contributed by atoms with Gasteiger partial charge >= 0.3 is 0 Å². The summed E-state index contributed by atoms with van der Waals surface area (Å²) in [5.74, 6) is 1.14. The molecule has 0 atom stereocenters. The molecule has 2 heterocycles. The van der Waals surface area contributed by atoms with Gasteiger partial charge in [-0.3, -0.25) is 9.59 Å². The van der Waals surface area contributed by atoms with Crippen molar-refractivity contribution < 1.29 is 23.5 Å². The maximum Gasteiger partial charge on any atom is 0.293 e. The smallest absolute Gasteiger partial charge is 0.293 e. The average molecular weight is 406 g/mol. The first kappa shape index (κ1) is 19.6. The summed E-state index contributed by atoms with van der Waals surface area (Å²) in [4.78, 5) is 26.9. The van der Waals surface area contributed by atoms with E-state index >= 15 is 0 Å². The second kappa shape index (κ2) is 8.32. The van der Waals surface area contributed by atoms with E-state index in [1.807, 2.05) is 24.3 Å². The van der Waals surface area contributed by atoms with Gasteiger partial charge < -0.3 is 24.1 Å². The van der Waals surface area contributed by atoms with Crippen LogP contribution in [0, 0.1) is 0 Å². The molecule has 1 N–H and O–H groups in total. The Morgan fingerprint density at radius 2 is 1.90 bits per heavy atom. The molecule has 4 rings (SSSR count). The highest BCUT2D eigenvalue weighted by Gasteiger charge is 2.27. The lowest BCUT2D eigenvalue weighted by atomic mass is 10.1. The van der Waals surface area contributed by atoms with E-state index in [1.54, 1.807) is 43.4 Å². The number of rotatable bonds is 6. The van der Waals surface area contributed by atoms with Crippen molar-refractivity contribution in [3.8, 4) is 11.5 Å². The number of furan rings is 1. The Morgan fingerprint density at radius 1 is 1.07 bits per heavy atom. The quantitative estimate of drug-likeness (QED) is 0.675. The van der Waals surface area contributed by atoms with Crippen molar-refractivity contribution in [1.82, 2.24) is 0 Å². The molecule has 2 aromatic carbocycles. The van der Waals surface area contributed by atoms with Crippen LogP contribution in [0.5, 0.6) is 11.5 Å². The van der Waals surface area contributed by atoms with Crippen LogP contribution in [0.2, 0.25) is 0 Å². The van der Waals surface area contributed by atoms with Crippen molar-refractivity contribution in [1.29, 1.82) is 0 Å². The van der Waals surface area contributed by atoms with E-state index in [2.05, 4.69) is 5.32 Å². The predicted molar refractivity (Wildman–Crippen MR) is 112 cm³/mol. The van der Waals surface area contributed by atoms with E-state index in [1.165, 1.54) is 6.26 Å². The fraction of sp³-hybridized carbons (Fsp3) is 0.217. The number of methoxy groups -OCH3 is 2. The summed E-state index contributed by atoms with van der Waals surface area (Å²) in [6.45, 7) is 0.581. The Kier molecular flexibility index (Phi) is 5.43. The maximum absolute atomic E-state index is 12.7. The Balaban J connectivity index is 1.48. The third-order valence-electron chi connectivity index (χ3n) is 5.05. The van der Waals surface area contributed by atoms with Crippen LogP contribution in [0.15, 0.2) is 59.2 Å².